The van der Waals surface area contributed by atoms with Gasteiger partial charge >= 0.3 is 0 Å². The Hall–Kier alpha value is -0.100. The summed E-state index contributed by atoms with van der Waals surface area (Å²) in [5, 5.41) is 3.91. The summed E-state index contributed by atoms with van der Waals surface area (Å²) in [7, 11) is 0. The van der Waals surface area contributed by atoms with Gasteiger partial charge in [-0.05, 0) is 59.7 Å². The maximum absolute atomic E-state index is 12.1. The highest BCUT2D eigenvalue weighted by molar-refractivity contribution is 14.1. The average molecular weight is 410 g/mol. The smallest absolute Gasteiger partial charge is 0.251 e. The fourth-order valence-electron chi connectivity index (χ4n) is 1.56. The van der Waals surface area contributed by atoms with Crippen molar-refractivity contribution >= 4 is 44.4 Å². The second kappa shape index (κ2) is 6.73. The summed E-state index contributed by atoms with van der Waals surface area (Å²) in [6.45, 7) is 4.19. The first-order valence-electron chi connectivity index (χ1n) is 5.71. The summed E-state index contributed by atoms with van der Waals surface area (Å²) >= 11 is 5.72. The van der Waals surface area contributed by atoms with E-state index in [9.17, 15) is 4.79 Å². The van der Waals surface area contributed by atoms with Crippen LogP contribution in [-0.4, -0.2) is 16.8 Å². The minimum atomic E-state index is -0.139. The van der Waals surface area contributed by atoms with Crippen molar-refractivity contribution in [2.45, 2.75) is 32.2 Å². The lowest BCUT2D eigenvalue weighted by molar-refractivity contribution is 0.0903. The van der Waals surface area contributed by atoms with Crippen molar-refractivity contribution in [3.63, 3.8) is 0 Å². The third-order valence-electron chi connectivity index (χ3n) is 3.09. The number of rotatable bonds is 5. The van der Waals surface area contributed by atoms with Crippen LogP contribution in [0.25, 0.3) is 0 Å². The first-order valence-corrected chi connectivity index (χ1v) is 7.91. The van der Waals surface area contributed by atoms with Gasteiger partial charge in [0.1, 0.15) is 0 Å². The molecule has 0 unspecified atom stereocenters. The molecular weight excluding hydrogens is 393 g/mol. The summed E-state index contributed by atoms with van der Waals surface area (Å²) in [6.07, 6.45) is 1.84. The van der Waals surface area contributed by atoms with Crippen molar-refractivity contribution in [3.8, 4) is 0 Å². The molecule has 1 N–H and O–H groups in total. The molecule has 0 saturated heterocycles. The Morgan fingerprint density at radius 3 is 2.24 bits per heavy atom. The highest BCUT2D eigenvalue weighted by Crippen LogP contribution is 2.19. The zero-order valence-electron chi connectivity index (χ0n) is 10.1. The molecule has 0 fully saturated rings. The van der Waals surface area contributed by atoms with Crippen molar-refractivity contribution in [2.75, 3.05) is 5.33 Å². The third kappa shape index (κ3) is 3.95. The van der Waals surface area contributed by atoms with Gasteiger partial charge in [-0.3, -0.25) is 4.79 Å². The second-order valence-electron chi connectivity index (χ2n) is 4.08. The second-order valence-corrected chi connectivity index (χ2v) is 5.89. The number of halogens is 2. The number of benzene rings is 1. The zero-order valence-corrected chi connectivity index (χ0v) is 13.8. The molecule has 0 aliphatic rings. The first-order chi connectivity index (χ1) is 8.06. The normalized spacial score (nSPS) is 11.3. The van der Waals surface area contributed by atoms with Crippen LogP contribution in [0.2, 0.25) is 0 Å². The molecule has 2 nitrogen and oxygen atoms in total. The van der Waals surface area contributed by atoms with Crippen LogP contribution in [-0.2, 0) is 0 Å². The molecular formula is C13H17BrINO. The van der Waals surface area contributed by atoms with Crippen LogP contribution in [0.3, 0.4) is 0 Å². The van der Waals surface area contributed by atoms with E-state index in [2.05, 4.69) is 57.7 Å². The van der Waals surface area contributed by atoms with E-state index in [1.165, 1.54) is 0 Å². The highest BCUT2D eigenvalue weighted by Gasteiger charge is 2.26. The fraction of sp³-hybridized carbons (Fsp3) is 0.462. The molecule has 0 bridgehead atoms. The van der Waals surface area contributed by atoms with E-state index in [0.717, 1.165) is 27.3 Å². The number of hydrogen-bond donors (Lipinski definition) is 1. The summed E-state index contributed by atoms with van der Waals surface area (Å²) in [5.41, 5.74) is 0.581. The summed E-state index contributed by atoms with van der Waals surface area (Å²) in [6, 6.07) is 7.62. The summed E-state index contributed by atoms with van der Waals surface area (Å²) < 4.78 is 1.14. The van der Waals surface area contributed by atoms with Gasteiger partial charge in [-0.25, -0.2) is 0 Å². The van der Waals surface area contributed by atoms with Crippen LogP contribution >= 0.6 is 38.5 Å². The SMILES string of the molecule is CCC(CC)(CBr)NC(=O)c1ccc(I)cc1. The Morgan fingerprint density at radius 2 is 1.82 bits per heavy atom. The predicted octanol–water partition coefficient (Wildman–Crippen LogP) is 3.97. The minimum Gasteiger partial charge on any atom is -0.346 e. The molecule has 0 radical (unpaired) electrons. The molecule has 0 aliphatic heterocycles. The monoisotopic (exact) mass is 409 g/mol. The van der Waals surface area contributed by atoms with Crippen molar-refractivity contribution in [3.05, 3.63) is 33.4 Å². The van der Waals surface area contributed by atoms with Crippen LogP contribution < -0.4 is 5.32 Å². The Labute approximate surface area is 125 Å². The van der Waals surface area contributed by atoms with Crippen LogP contribution in [0.4, 0.5) is 0 Å². The van der Waals surface area contributed by atoms with Gasteiger partial charge in [0.15, 0.2) is 0 Å². The Morgan fingerprint density at radius 1 is 1.29 bits per heavy atom. The van der Waals surface area contributed by atoms with Gasteiger partial charge in [0.25, 0.3) is 5.91 Å². The number of nitrogens with one attached hydrogen (secondary N) is 1. The molecule has 0 saturated carbocycles. The number of amides is 1. The van der Waals surface area contributed by atoms with Gasteiger partial charge in [-0.15, -0.1) is 0 Å². The molecule has 4 heteroatoms. The van der Waals surface area contributed by atoms with Gasteiger partial charge in [-0.1, -0.05) is 29.8 Å². The molecule has 17 heavy (non-hydrogen) atoms. The molecule has 1 aromatic carbocycles. The molecule has 0 atom stereocenters. The van der Waals surface area contributed by atoms with E-state index in [4.69, 9.17) is 0 Å². The number of hydrogen-bond acceptors (Lipinski definition) is 1. The van der Waals surface area contributed by atoms with Gasteiger partial charge in [0, 0.05) is 20.0 Å². The third-order valence-corrected chi connectivity index (χ3v) is 4.89. The minimum absolute atomic E-state index is 0.00421. The van der Waals surface area contributed by atoms with E-state index in [-0.39, 0.29) is 11.4 Å². The van der Waals surface area contributed by atoms with Crippen LogP contribution in [0, 0.1) is 3.57 Å². The molecule has 1 amide bonds. The number of alkyl halides is 1. The number of carbonyl (C=O) groups is 1. The molecule has 0 aromatic heterocycles. The van der Waals surface area contributed by atoms with E-state index in [1.54, 1.807) is 0 Å². The fourth-order valence-corrected chi connectivity index (χ4v) is 2.86. The van der Waals surface area contributed by atoms with E-state index in [0.29, 0.717) is 0 Å². The zero-order chi connectivity index (χ0) is 12.9. The van der Waals surface area contributed by atoms with Crippen LogP contribution in [0.1, 0.15) is 37.0 Å². The molecule has 1 aromatic rings. The largest absolute Gasteiger partial charge is 0.346 e. The lowest BCUT2D eigenvalue weighted by Crippen LogP contribution is -2.49. The lowest BCUT2D eigenvalue weighted by Gasteiger charge is -2.30. The first kappa shape index (κ1) is 15.0. The molecule has 0 heterocycles. The summed E-state index contributed by atoms with van der Waals surface area (Å²) in [4.78, 5) is 12.1. The Kier molecular flexibility index (Phi) is 5.92. The van der Waals surface area contributed by atoms with Crippen molar-refractivity contribution in [2.24, 2.45) is 0 Å². The Balaban J connectivity index is 2.81. The molecule has 0 aliphatic carbocycles. The van der Waals surface area contributed by atoms with Crippen molar-refractivity contribution in [1.29, 1.82) is 0 Å². The van der Waals surface area contributed by atoms with Gasteiger partial charge in [0.05, 0.1) is 0 Å². The molecule has 0 spiro atoms. The molecule has 94 valence electrons. The maximum atomic E-state index is 12.1. The standard InChI is InChI=1S/C13H17BrINO/c1-3-13(4-2,9-14)16-12(17)10-5-7-11(15)8-6-10/h5-8H,3-4,9H2,1-2H3,(H,16,17). The van der Waals surface area contributed by atoms with Gasteiger partial charge in [0.2, 0.25) is 0 Å². The van der Waals surface area contributed by atoms with Crippen LogP contribution in [0.5, 0.6) is 0 Å². The quantitative estimate of drug-likeness (QED) is 0.578. The van der Waals surface area contributed by atoms with Gasteiger partial charge < -0.3 is 5.32 Å². The van der Waals surface area contributed by atoms with Gasteiger partial charge in [-0.2, -0.15) is 0 Å². The predicted molar refractivity (Wildman–Crippen MR) is 83.7 cm³/mol. The van der Waals surface area contributed by atoms with E-state index >= 15 is 0 Å². The van der Waals surface area contributed by atoms with E-state index in [1.807, 2.05) is 24.3 Å². The number of carbonyl (C=O) groups excluding carboxylic acids is 1. The summed E-state index contributed by atoms with van der Waals surface area (Å²) in [5.74, 6) is 0.00421. The van der Waals surface area contributed by atoms with Crippen LogP contribution in [0.15, 0.2) is 24.3 Å². The lowest BCUT2D eigenvalue weighted by atomic mass is 9.95. The maximum Gasteiger partial charge on any atom is 0.251 e. The van der Waals surface area contributed by atoms with E-state index < -0.39 is 0 Å². The average Bonchev–Trinajstić information content (AvgIpc) is 2.37. The van der Waals surface area contributed by atoms with Crippen molar-refractivity contribution < 1.29 is 4.79 Å². The molecule has 1 rings (SSSR count). The topological polar surface area (TPSA) is 29.1 Å². The Bertz CT molecular complexity index is 365. The highest BCUT2D eigenvalue weighted by atomic mass is 127. The van der Waals surface area contributed by atoms with Crippen molar-refractivity contribution in [1.82, 2.24) is 5.32 Å².